The Kier molecular flexibility index (Phi) is 5.46. The predicted molar refractivity (Wildman–Crippen MR) is 78.8 cm³/mol. The SMILES string of the molecule is COc1nc(C(F)F)ccc1[C@H]1C(OC(C)=O)O[C@@](C)(C(F)(F)F)[C@H]1C. The summed E-state index contributed by atoms with van der Waals surface area (Å²) in [5, 5.41) is 0. The van der Waals surface area contributed by atoms with E-state index in [0.29, 0.717) is 0 Å². The molecule has 1 fully saturated rings. The lowest BCUT2D eigenvalue weighted by molar-refractivity contribution is -0.293. The Balaban J connectivity index is 2.55. The highest BCUT2D eigenvalue weighted by Crippen LogP contribution is 2.54. The molecule has 2 rings (SSSR count). The average Bonchev–Trinajstić information content (AvgIpc) is 2.77. The van der Waals surface area contributed by atoms with Gasteiger partial charge in [-0.1, -0.05) is 13.0 Å². The number of rotatable bonds is 4. The van der Waals surface area contributed by atoms with Crippen LogP contribution < -0.4 is 4.74 Å². The van der Waals surface area contributed by atoms with E-state index < -0.39 is 48.0 Å². The van der Waals surface area contributed by atoms with Gasteiger partial charge < -0.3 is 14.2 Å². The lowest BCUT2D eigenvalue weighted by Crippen LogP contribution is -2.47. The number of aromatic nitrogens is 1. The maximum absolute atomic E-state index is 13.5. The Morgan fingerprint density at radius 1 is 1.35 bits per heavy atom. The molecule has 26 heavy (non-hydrogen) atoms. The molecule has 0 saturated carbocycles. The molecule has 1 unspecified atom stereocenters. The minimum Gasteiger partial charge on any atom is -0.481 e. The summed E-state index contributed by atoms with van der Waals surface area (Å²) in [6, 6.07) is 2.18. The second kappa shape index (κ2) is 6.98. The molecule has 5 nitrogen and oxygen atoms in total. The Morgan fingerprint density at radius 2 is 1.96 bits per heavy atom. The van der Waals surface area contributed by atoms with E-state index >= 15 is 0 Å². The van der Waals surface area contributed by atoms with Gasteiger partial charge in [-0.15, -0.1) is 0 Å². The molecule has 0 N–H and O–H groups in total. The van der Waals surface area contributed by atoms with Gasteiger partial charge in [-0.25, -0.2) is 13.8 Å². The fourth-order valence-corrected chi connectivity index (χ4v) is 3.01. The Bertz CT molecular complexity index is 681. The highest BCUT2D eigenvalue weighted by Gasteiger charge is 2.65. The summed E-state index contributed by atoms with van der Waals surface area (Å²) in [7, 11) is 1.16. The fraction of sp³-hybridized carbons (Fsp3) is 0.625. The van der Waals surface area contributed by atoms with E-state index in [1.807, 2.05) is 0 Å². The molecule has 10 heteroatoms. The first-order valence-corrected chi connectivity index (χ1v) is 7.67. The van der Waals surface area contributed by atoms with Gasteiger partial charge in [0.15, 0.2) is 5.60 Å². The van der Waals surface area contributed by atoms with E-state index in [9.17, 15) is 26.7 Å². The van der Waals surface area contributed by atoms with E-state index in [2.05, 4.69) is 4.98 Å². The van der Waals surface area contributed by atoms with Crippen LogP contribution in [0.1, 0.15) is 44.4 Å². The van der Waals surface area contributed by atoms with Gasteiger partial charge in [-0.3, -0.25) is 4.79 Å². The molecule has 1 aromatic heterocycles. The third-order valence-electron chi connectivity index (χ3n) is 4.59. The van der Waals surface area contributed by atoms with Gasteiger partial charge in [0.1, 0.15) is 5.69 Å². The summed E-state index contributed by atoms with van der Waals surface area (Å²) in [5.41, 5.74) is -3.10. The Morgan fingerprint density at radius 3 is 2.42 bits per heavy atom. The quantitative estimate of drug-likeness (QED) is 0.581. The standard InChI is InChI=1S/C16H18F5NO4/c1-7-11(9-5-6-10(12(17)18)22-13(9)24-4)14(25-8(2)23)26-15(7,3)16(19,20)21/h5-7,11-12,14H,1-4H3/t7-,11-,14?,15+/m0/s1. The molecule has 0 bridgehead atoms. The van der Waals surface area contributed by atoms with Gasteiger partial charge >= 0.3 is 12.1 Å². The van der Waals surface area contributed by atoms with Crippen LogP contribution in [-0.2, 0) is 14.3 Å². The maximum atomic E-state index is 13.5. The highest BCUT2D eigenvalue weighted by atomic mass is 19.4. The highest BCUT2D eigenvalue weighted by molar-refractivity contribution is 5.66. The van der Waals surface area contributed by atoms with Crippen molar-refractivity contribution in [1.29, 1.82) is 0 Å². The predicted octanol–water partition coefficient (Wildman–Crippen LogP) is 3.99. The summed E-state index contributed by atoms with van der Waals surface area (Å²) in [5.74, 6) is -3.43. The van der Waals surface area contributed by atoms with Gasteiger partial charge in [0, 0.05) is 18.4 Å². The fourth-order valence-electron chi connectivity index (χ4n) is 3.01. The van der Waals surface area contributed by atoms with E-state index in [1.54, 1.807) is 0 Å². The molecule has 1 aliphatic rings. The molecule has 1 aromatic rings. The number of carbonyl (C=O) groups is 1. The first kappa shape index (κ1) is 20.3. The molecule has 4 atom stereocenters. The second-order valence-electron chi connectivity index (χ2n) is 6.15. The minimum atomic E-state index is -4.75. The molecule has 0 radical (unpaired) electrons. The van der Waals surface area contributed by atoms with Crippen LogP contribution in [0.5, 0.6) is 5.88 Å². The summed E-state index contributed by atoms with van der Waals surface area (Å²) in [6.07, 6.45) is -9.19. The number of halogens is 5. The van der Waals surface area contributed by atoms with Crippen LogP contribution in [0, 0.1) is 5.92 Å². The number of hydrogen-bond acceptors (Lipinski definition) is 5. The molecular formula is C16H18F5NO4. The van der Waals surface area contributed by atoms with Crippen LogP contribution in [-0.4, -0.2) is 36.1 Å². The number of hydrogen-bond donors (Lipinski definition) is 0. The molecule has 0 spiro atoms. The molecule has 0 aliphatic carbocycles. The second-order valence-corrected chi connectivity index (χ2v) is 6.15. The summed E-state index contributed by atoms with van der Waals surface area (Å²) in [6.45, 7) is 3.16. The maximum Gasteiger partial charge on any atom is 0.417 e. The number of methoxy groups -OCH3 is 1. The molecule has 146 valence electrons. The number of pyridine rings is 1. The van der Waals surface area contributed by atoms with Crippen LogP contribution in [0.25, 0.3) is 0 Å². The van der Waals surface area contributed by atoms with Crippen molar-refractivity contribution in [3.05, 3.63) is 23.4 Å². The Labute approximate surface area is 146 Å². The molecule has 1 aliphatic heterocycles. The van der Waals surface area contributed by atoms with Crippen molar-refractivity contribution in [1.82, 2.24) is 4.98 Å². The van der Waals surface area contributed by atoms with Gasteiger partial charge in [0.25, 0.3) is 6.43 Å². The molecular weight excluding hydrogens is 365 g/mol. The number of alkyl halides is 5. The lowest BCUT2D eigenvalue weighted by atomic mass is 9.79. The summed E-state index contributed by atoms with van der Waals surface area (Å²) < 4.78 is 81.3. The third kappa shape index (κ3) is 3.46. The Hall–Kier alpha value is -1.97. The van der Waals surface area contributed by atoms with Gasteiger partial charge in [-0.05, 0) is 13.0 Å². The van der Waals surface area contributed by atoms with Crippen LogP contribution in [0.3, 0.4) is 0 Å². The largest absolute Gasteiger partial charge is 0.481 e. The zero-order valence-electron chi connectivity index (χ0n) is 14.4. The van der Waals surface area contributed by atoms with Gasteiger partial charge in [0.2, 0.25) is 12.2 Å². The zero-order chi connectivity index (χ0) is 19.9. The lowest BCUT2D eigenvalue weighted by Gasteiger charge is -2.31. The minimum absolute atomic E-state index is 0.0867. The van der Waals surface area contributed by atoms with Crippen LogP contribution >= 0.6 is 0 Å². The molecule has 0 amide bonds. The van der Waals surface area contributed by atoms with E-state index in [-0.39, 0.29) is 11.4 Å². The van der Waals surface area contributed by atoms with Crippen molar-refractivity contribution in [3.63, 3.8) is 0 Å². The molecule has 2 heterocycles. The van der Waals surface area contributed by atoms with Crippen LogP contribution in [0.2, 0.25) is 0 Å². The van der Waals surface area contributed by atoms with Crippen LogP contribution in [0.4, 0.5) is 22.0 Å². The first-order valence-electron chi connectivity index (χ1n) is 7.67. The molecule has 0 aromatic carbocycles. The summed E-state index contributed by atoms with van der Waals surface area (Å²) in [4.78, 5) is 15.0. The smallest absolute Gasteiger partial charge is 0.417 e. The van der Waals surface area contributed by atoms with E-state index in [4.69, 9.17) is 14.2 Å². The van der Waals surface area contributed by atoms with Crippen molar-refractivity contribution >= 4 is 5.97 Å². The number of carbonyl (C=O) groups excluding carboxylic acids is 1. The van der Waals surface area contributed by atoms with E-state index in [1.165, 1.54) is 13.0 Å². The number of nitrogens with zero attached hydrogens (tertiary/aromatic N) is 1. The zero-order valence-corrected chi connectivity index (χ0v) is 14.4. The van der Waals surface area contributed by atoms with Crippen molar-refractivity contribution < 1.29 is 41.0 Å². The summed E-state index contributed by atoms with van der Waals surface area (Å²) >= 11 is 0. The average molecular weight is 383 g/mol. The van der Waals surface area contributed by atoms with Gasteiger partial charge in [0.05, 0.1) is 13.0 Å². The normalized spacial score (nSPS) is 29.1. The van der Waals surface area contributed by atoms with E-state index in [0.717, 1.165) is 27.0 Å². The number of ether oxygens (including phenoxy) is 3. The van der Waals surface area contributed by atoms with Crippen LogP contribution in [0.15, 0.2) is 12.1 Å². The third-order valence-corrected chi connectivity index (χ3v) is 4.59. The number of esters is 1. The topological polar surface area (TPSA) is 57.7 Å². The first-order chi connectivity index (χ1) is 11.9. The van der Waals surface area contributed by atoms with Crippen molar-refractivity contribution in [2.45, 2.75) is 51.2 Å². The van der Waals surface area contributed by atoms with Crippen molar-refractivity contribution in [3.8, 4) is 5.88 Å². The van der Waals surface area contributed by atoms with Crippen molar-refractivity contribution in [2.75, 3.05) is 7.11 Å². The molecule has 1 saturated heterocycles. The van der Waals surface area contributed by atoms with Gasteiger partial charge in [-0.2, -0.15) is 13.2 Å². The van der Waals surface area contributed by atoms with Crippen molar-refractivity contribution in [2.24, 2.45) is 5.92 Å². The monoisotopic (exact) mass is 383 g/mol.